The largest absolute Gasteiger partial charge is 0.294 e. The average Bonchev–Trinajstić information content (AvgIpc) is 2.91. The third-order valence-electron chi connectivity index (χ3n) is 4.24. The van der Waals surface area contributed by atoms with E-state index in [-0.39, 0.29) is 5.56 Å². The molecular weight excluding hydrogens is 316 g/mol. The lowest BCUT2D eigenvalue weighted by molar-refractivity contribution is 0.697. The van der Waals surface area contributed by atoms with Crippen molar-refractivity contribution in [3.05, 3.63) is 62.0 Å². The summed E-state index contributed by atoms with van der Waals surface area (Å²) in [6, 6.07) is 7.62. The van der Waals surface area contributed by atoms with Gasteiger partial charge in [-0.2, -0.15) is 0 Å². The molecule has 0 bridgehead atoms. The standard InChI is InChI=1S/C17H15ClN2OS/c18-13-7-3-1-5-11(13)9-20-10-19-16-15(17(20)21)12-6-2-4-8-14(12)22-16/h1,3,5,7,10H,2,4,6,8-9H2. The molecule has 1 aromatic carbocycles. The summed E-state index contributed by atoms with van der Waals surface area (Å²) in [5.41, 5.74) is 2.23. The number of nitrogens with zero attached hydrogens (tertiary/aromatic N) is 2. The van der Waals surface area contributed by atoms with Crippen LogP contribution in [0.2, 0.25) is 5.02 Å². The van der Waals surface area contributed by atoms with E-state index in [9.17, 15) is 4.79 Å². The van der Waals surface area contributed by atoms with Crippen LogP contribution in [0.1, 0.15) is 28.8 Å². The van der Waals surface area contributed by atoms with E-state index < -0.39 is 0 Å². The molecule has 3 aromatic rings. The summed E-state index contributed by atoms with van der Waals surface area (Å²) in [5.74, 6) is 0. The predicted molar refractivity (Wildman–Crippen MR) is 91.1 cm³/mol. The zero-order valence-electron chi connectivity index (χ0n) is 12.0. The van der Waals surface area contributed by atoms with E-state index in [1.54, 1.807) is 22.2 Å². The summed E-state index contributed by atoms with van der Waals surface area (Å²) in [4.78, 5) is 19.6. The Hall–Kier alpha value is -1.65. The van der Waals surface area contributed by atoms with E-state index in [0.717, 1.165) is 35.0 Å². The third-order valence-corrected chi connectivity index (χ3v) is 5.81. The maximum atomic E-state index is 12.9. The van der Waals surface area contributed by atoms with Gasteiger partial charge in [0.1, 0.15) is 4.83 Å². The van der Waals surface area contributed by atoms with Gasteiger partial charge >= 0.3 is 0 Å². The molecule has 5 heteroatoms. The Balaban J connectivity index is 1.84. The van der Waals surface area contributed by atoms with Gasteiger partial charge in [0.25, 0.3) is 5.56 Å². The summed E-state index contributed by atoms with van der Waals surface area (Å²) in [7, 11) is 0. The highest BCUT2D eigenvalue weighted by atomic mass is 35.5. The van der Waals surface area contributed by atoms with Crippen molar-refractivity contribution in [1.82, 2.24) is 9.55 Å². The number of aryl methyl sites for hydroxylation is 2. The topological polar surface area (TPSA) is 34.9 Å². The molecule has 0 saturated carbocycles. The molecule has 0 N–H and O–H groups in total. The van der Waals surface area contributed by atoms with Crippen LogP contribution in [0.4, 0.5) is 0 Å². The summed E-state index contributed by atoms with van der Waals surface area (Å²) in [5, 5.41) is 1.51. The molecule has 0 amide bonds. The van der Waals surface area contributed by atoms with Gasteiger partial charge in [-0.15, -0.1) is 11.3 Å². The highest BCUT2D eigenvalue weighted by Crippen LogP contribution is 2.33. The van der Waals surface area contributed by atoms with Crippen molar-refractivity contribution in [3.63, 3.8) is 0 Å². The van der Waals surface area contributed by atoms with Crippen LogP contribution < -0.4 is 5.56 Å². The molecule has 1 aliphatic carbocycles. The zero-order chi connectivity index (χ0) is 15.1. The van der Waals surface area contributed by atoms with Crippen molar-refractivity contribution in [3.8, 4) is 0 Å². The van der Waals surface area contributed by atoms with E-state index in [4.69, 9.17) is 11.6 Å². The van der Waals surface area contributed by atoms with Gasteiger partial charge in [-0.1, -0.05) is 29.8 Å². The van der Waals surface area contributed by atoms with Crippen molar-refractivity contribution in [2.75, 3.05) is 0 Å². The van der Waals surface area contributed by atoms with Gasteiger partial charge in [0.05, 0.1) is 18.3 Å². The first-order chi connectivity index (χ1) is 10.7. The minimum atomic E-state index is 0.0596. The molecule has 0 fully saturated rings. The van der Waals surface area contributed by atoms with Crippen molar-refractivity contribution >= 4 is 33.2 Å². The Morgan fingerprint density at radius 3 is 2.91 bits per heavy atom. The normalized spacial score (nSPS) is 14.2. The third kappa shape index (κ3) is 2.27. The molecule has 0 radical (unpaired) electrons. The Morgan fingerprint density at radius 1 is 1.23 bits per heavy atom. The van der Waals surface area contributed by atoms with Crippen molar-refractivity contribution in [2.45, 2.75) is 32.2 Å². The van der Waals surface area contributed by atoms with Crippen LogP contribution in [0.3, 0.4) is 0 Å². The van der Waals surface area contributed by atoms with Gasteiger partial charge in [0.15, 0.2) is 0 Å². The average molecular weight is 331 g/mol. The first-order valence-corrected chi connectivity index (χ1v) is 8.66. The lowest BCUT2D eigenvalue weighted by Crippen LogP contribution is -2.21. The second-order valence-corrected chi connectivity index (χ2v) is 7.15. The zero-order valence-corrected chi connectivity index (χ0v) is 13.6. The molecule has 2 aromatic heterocycles. The number of hydrogen-bond acceptors (Lipinski definition) is 3. The van der Waals surface area contributed by atoms with Crippen LogP contribution in [0.25, 0.3) is 10.2 Å². The lowest BCUT2D eigenvalue weighted by Gasteiger charge is -2.11. The molecule has 0 aliphatic heterocycles. The van der Waals surface area contributed by atoms with Crippen LogP contribution in [0, 0.1) is 0 Å². The van der Waals surface area contributed by atoms with E-state index in [1.807, 2.05) is 24.3 Å². The first kappa shape index (κ1) is 14.0. The summed E-state index contributed by atoms with van der Waals surface area (Å²) < 4.78 is 1.67. The maximum absolute atomic E-state index is 12.9. The number of benzene rings is 1. The lowest BCUT2D eigenvalue weighted by atomic mass is 9.97. The van der Waals surface area contributed by atoms with Crippen LogP contribution in [0.15, 0.2) is 35.4 Å². The fraction of sp³-hybridized carbons (Fsp3) is 0.294. The smallest absolute Gasteiger partial charge is 0.262 e. The molecule has 0 spiro atoms. The quantitative estimate of drug-likeness (QED) is 0.710. The number of halogens is 1. The summed E-state index contributed by atoms with van der Waals surface area (Å²) in [6.07, 6.45) is 6.12. The van der Waals surface area contributed by atoms with Gasteiger partial charge < -0.3 is 0 Å². The van der Waals surface area contributed by atoms with Crippen molar-refractivity contribution in [1.29, 1.82) is 0 Å². The van der Waals surface area contributed by atoms with Crippen LogP contribution in [-0.4, -0.2) is 9.55 Å². The van der Waals surface area contributed by atoms with E-state index in [0.29, 0.717) is 11.6 Å². The first-order valence-electron chi connectivity index (χ1n) is 7.47. The monoisotopic (exact) mass is 330 g/mol. The van der Waals surface area contributed by atoms with Crippen LogP contribution in [-0.2, 0) is 19.4 Å². The molecule has 0 saturated heterocycles. The number of aromatic nitrogens is 2. The van der Waals surface area contributed by atoms with Crippen LogP contribution in [0.5, 0.6) is 0 Å². The van der Waals surface area contributed by atoms with E-state index in [2.05, 4.69) is 4.98 Å². The number of hydrogen-bond donors (Lipinski definition) is 0. The summed E-state index contributed by atoms with van der Waals surface area (Å²) >= 11 is 7.89. The predicted octanol–water partition coefficient (Wildman–Crippen LogP) is 4.04. The summed E-state index contributed by atoms with van der Waals surface area (Å²) in [6.45, 7) is 0.464. The van der Waals surface area contributed by atoms with Gasteiger partial charge in [-0.05, 0) is 42.9 Å². The molecular formula is C17H15ClN2OS. The Bertz CT molecular complexity index is 913. The number of rotatable bonds is 2. The van der Waals surface area contributed by atoms with Gasteiger partial charge in [-0.3, -0.25) is 9.36 Å². The molecule has 22 heavy (non-hydrogen) atoms. The Morgan fingerprint density at radius 2 is 2.05 bits per heavy atom. The maximum Gasteiger partial charge on any atom is 0.262 e. The molecule has 1 aliphatic rings. The molecule has 4 rings (SSSR count). The molecule has 112 valence electrons. The minimum Gasteiger partial charge on any atom is -0.294 e. The molecule has 0 atom stereocenters. The van der Waals surface area contributed by atoms with E-state index >= 15 is 0 Å². The fourth-order valence-corrected chi connectivity index (χ4v) is 4.52. The van der Waals surface area contributed by atoms with Crippen molar-refractivity contribution < 1.29 is 0 Å². The van der Waals surface area contributed by atoms with Crippen LogP contribution >= 0.6 is 22.9 Å². The fourth-order valence-electron chi connectivity index (χ4n) is 3.10. The van der Waals surface area contributed by atoms with Crippen molar-refractivity contribution in [2.24, 2.45) is 0 Å². The molecule has 3 nitrogen and oxygen atoms in total. The Labute approximate surface area is 137 Å². The van der Waals surface area contributed by atoms with Gasteiger partial charge in [-0.25, -0.2) is 4.98 Å². The second-order valence-electron chi connectivity index (χ2n) is 5.66. The number of fused-ring (bicyclic) bond motifs is 3. The minimum absolute atomic E-state index is 0.0596. The Kier molecular flexibility index (Phi) is 3.51. The molecule has 2 heterocycles. The van der Waals surface area contributed by atoms with E-state index in [1.165, 1.54) is 16.9 Å². The highest BCUT2D eigenvalue weighted by molar-refractivity contribution is 7.18. The molecule has 0 unspecified atom stereocenters. The highest BCUT2D eigenvalue weighted by Gasteiger charge is 2.20. The van der Waals surface area contributed by atoms with Gasteiger partial charge in [0.2, 0.25) is 0 Å². The SMILES string of the molecule is O=c1c2c3c(sc2ncn1Cc1ccccc1Cl)CCCC3. The number of thiophene rings is 1. The van der Waals surface area contributed by atoms with Gasteiger partial charge in [0, 0.05) is 9.90 Å². The second kappa shape index (κ2) is 5.52.